The summed E-state index contributed by atoms with van der Waals surface area (Å²) in [4.78, 5) is 1.10. The van der Waals surface area contributed by atoms with Crippen LogP contribution in [0, 0.1) is 0 Å². The van der Waals surface area contributed by atoms with Crippen molar-refractivity contribution >= 4 is 12.6 Å². The third-order valence-corrected chi connectivity index (χ3v) is 3.03. The van der Waals surface area contributed by atoms with E-state index in [2.05, 4.69) is 49.9 Å². The van der Waals surface area contributed by atoms with Gasteiger partial charge < -0.3 is 0 Å². The Morgan fingerprint density at radius 2 is 1.40 bits per heavy atom. The van der Waals surface area contributed by atoms with Crippen LogP contribution in [-0.4, -0.2) is 0 Å². The van der Waals surface area contributed by atoms with E-state index in [0.29, 0.717) is 0 Å². The van der Waals surface area contributed by atoms with Crippen molar-refractivity contribution in [3.8, 4) is 11.1 Å². The summed E-state index contributed by atoms with van der Waals surface area (Å²) in [5, 5.41) is 0. The lowest BCUT2D eigenvalue weighted by atomic mass is 9.95. The molecule has 0 radical (unpaired) electrons. The van der Waals surface area contributed by atoms with Crippen molar-refractivity contribution in [2.45, 2.75) is 18.2 Å². The van der Waals surface area contributed by atoms with Crippen LogP contribution in [0.2, 0.25) is 0 Å². The molecule has 0 unspecified atom stereocenters. The van der Waals surface area contributed by atoms with E-state index in [-0.39, 0.29) is 0 Å². The van der Waals surface area contributed by atoms with E-state index in [1.165, 1.54) is 16.7 Å². The van der Waals surface area contributed by atoms with Crippen molar-refractivity contribution in [2.24, 2.45) is 0 Å². The van der Waals surface area contributed by atoms with Gasteiger partial charge in [0.05, 0.1) is 0 Å². The Labute approximate surface area is 96.4 Å². The molecule has 0 bridgehead atoms. The van der Waals surface area contributed by atoms with Crippen molar-refractivity contribution in [3.63, 3.8) is 0 Å². The molecule has 3 rings (SSSR count). The van der Waals surface area contributed by atoms with E-state index in [1.54, 1.807) is 0 Å². The summed E-state index contributed by atoms with van der Waals surface area (Å²) < 4.78 is 0. The quantitative estimate of drug-likeness (QED) is 0.576. The molecule has 15 heavy (non-hydrogen) atoms. The lowest BCUT2D eigenvalue weighted by molar-refractivity contribution is 1.09. The summed E-state index contributed by atoms with van der Waals surface area (Å²) in [6.45, 7) is 2.13. The van der Waals surface area contributed by atoms with Crippen molar-refractivity contribution in [1.29, 1.82) is 0 Å². The minimum atomic E-state index is 1.07. The summed E-state index contributed by atoms with van der Waals surface area (Å²) in [5.41, 5.74) is 4.17. The van der Waals surface area contributed by atoms with E-state index in [4.69, 9.17) is 0 Å². The summed E-state index contributed by atoms with van der Waals surface area (Å²) in [6.07, 6.45) is 1.07. The number of thiol groups is 1. The minimum Gasteiger partial charge on any atom is -0.143 e. The van der Waals surface area contributed by atoms with Crippen LogP contribution < -0.4 is 0 Å². The van der Waals surface area contributed by atoms with E-state index < -0.39 is 0 Å². The monoisotopic (exact) mass is 214 g/mol. The Kier molecular flexibility index (Phi) is 3.12. The van der Waals surface area contributed by atoms with E-state index in [1.807, 2.05) is 18.2 Å². The van der Waals surface area contributed by atoms with Crippen molar-refractivity contribution in [3.05, 3.63) is 54.1 Å². The molecule has 2 aliphatic carbocycles. The molecule has 0 amide bonds. The van der Waals surface area contributed by atoms with Crippen LogP contribution in [0.15, 0.2) is 53.4 Å². The zero-order chi connectivity index (χ0) is 10.7. The maximum absolute atomic E-state index is 4.28. The lowest BCUT2D eigenvalue weighted by Crippen LogP contribution is -1.85. The lowest BCUT2D eigenvalue weighted by Gasteiger charge is -2.10. The summed E-state index contributed by atoms with van der Waals surface area (Å²) >= 11 is 4.28. The smallest absolute Gasteiger partial charge is 0.00719 e. The first-order chi connectivity index (χ1) is 7.31. The third kappa shape index (κ3) is 2.24. The van der Waals surface area contributed by atoms with Crippen LogP contribution in [0.1, 0.15) is 12.5 Å². The number of rotatable bonds is 1. The Hall–Kier alpha value is -1.21. The fourth-order valence-corrected chi connectivity index (χ4v) is 1.79. The Balaban J connectivity index is 0.000000121. The molecule has 0 heterocycles. The summed E-state index contributed by atoms with van der Waals surface area (Å²) in [6, 6.07) is 16.6. The molecule has 1 aromatic rings. The molecule has 1 aromatic carbocycles. The highest BCUT2D eigenvalue weighted by Gasteiger charge is 2.03. The second kappa shape index (κ2) is 4.54. The molecule has 0 aliphatic heterocycles. The largest absolute Gasteiger partial charge is 0.143 e. The number of fused-ring (bicyclic) bond motifs is 1. The van der Waals surface area contributed by atoms with Gasteiger partial charge in [-0.1, -0.05) is 49.4 Å². The van der Waals surface area contributed by atoms with Gasteiger partial charge in [0.25, 0.3) is 0 Å². The molecule has 0 fully saturated rings. The van der Waals surface area contributed by atoms with Gasteiger partial charge in [-0.25, -0.2) is 0 Å². The molecule has 0 saturated heterocycles. The van der Waals surface area contributed by atoms with Gasteiger partial charge in [-0.05, 0) is 29.2 Å². The fraction of sp³-hybridized carbons (Fsp3) is 0.143. The van der Waals surface area contributed by atoms with Crippen LogP contribution in [0.5, 0.6) is 0 Å². The highest BCUT2D eigenvalue weighted by molar-refractivity contribution is 7.80. The van der Waals surface area contributed by atoms with Crippen LogP contribution in [-0.2, 0) is 6.42 Å². The zero-order valence-corrected chi connectivity index (χ0v) is 9.67. The predicted octanol–water partition coefficient (Wildman–Crippen LogP) is 4.20. The molecular formula is C14H14S. The fourth-order valence-electron chi connectivity index (χ4n) is 1.47. The second-order valence-electron chi connectivity index (χ2n) is 3.56. The minimum absolute atomic E-state index is 1.07. The van der Waals surface area contributed by atoms with E-state index in [9.17, 15) is 0 Å². The molecule has 0 spiro atoms. The maximum Gasteiger partial charge on any atom is 0.00719 e. The van der Waals surface area contributed by atoms with E-state index >= 15 is 0 Å². The van der Waals surface area contributed by atoms with Gasteiger partial charge in [-0.15, -0.1) is 12.6 Å². The first-order valence-corrected chi connectivity index (χ1v) is 5.63. The van der Waals surface area contributed by atoms with Crippen LogP contribution in [0.4, 0.5) is 0 Å². The zero-order valence-electron chi connectivity index (χ0n) is 8.77. The van der Waals surface area contributed by atoms with Gasteiger partial charge in [0, 0.05) is 4.90 Å². The number of benzene rings is 2. The predicted molar refractivity (Wildman–Crippen MR) is 68.5 cm³/mol. The summed E-state index contributed by atoms with van der Waals surface area (Å²) in [7, 11) is 0. The molecule has 0 N–H and O–H groups in total. The van der Waals surface area contributed by atoms with Crippen molar-refractivity contribution < 1.29 is 0 Å². The first-order valence-electron chi connectivity index (χ1n) is 5.18. The van der Waals surface area contributed by atoms with Crippen molar-refractivity contribution in [2.75, 3.05) is 0 Å². The Morgan fingerprint density at radius 3 is 1.67 bits per heavy atom. The normalized spacial score (nSPS) is 10.3. The Morgan fingerprint density at radius 1 is 0.867 bits per heavy atom. The molecule has 0 atom stereocenters. The average Bonchev–Trinajstić information content (AvgIpc) is 2.25. The average molecular weight is 214 g/mol. The van der Waals surface area contributed by atoms with Crippen LogP contribution >= 0.6 is 12.6 Å². The van der Waals surface area contributed by atoms with Gasteiger partial charge in [-0.2, -0.15) is 0 Å². The van der Waals surface area contributed by atoms with Gasteiger partial charge >= 0.3 is 0 Å². The Bertz CT molecular complexity index is 422. The summed E-state index contributed by atoms with van der Waals surface area (Å²) in [5.74, 6) is 0. The SMILES string of the molecule is CCc1ccccc1S.c1cc2ccc1-2. The first kappa shape index (κ1) is 10.3. The van der Waals surface area contributed by atoms with Gasteiger partial charge in [0.1, 0.15) is 0 Å². The number of hydrogen-bond donors (Lipinski definition) is 1. The molecular weight excluding hydrogens is 200 g/mol. The third-order valence-electron chi connectivity index (χ3n) is 2.59. The van der Waals surface area contributed by atoms with E-state index in [0.717, 1.165) is 11.3 Å². The van der Waals surface area contributed by atoms with Gasteiger partial charge in [0.2, 0.25) is 0 Å². The van der Waals surface area contributed by atoms with Crippen molar-refractivity contribution in [1.82, 2.24) is 0 Å². The highest BCUT2D eigenvalue weighted by Crippen LogP contribution is 2.29. The molecule has 1 heteroatoms. The standard InChI is InChI=1S/C8H10S.C6H4/c1-2-7-5-3-4-6-8(7)9;1-2-6-4-3-5(1)6/h3-6,9H,2H2,1H3;1-4H. The molecule has 0 saturated carbocycles. The van der Waals surface area contributed by atoms with Gasteiger partial charge in [0.15, 0.2) is 0 Å². The topological polar surface area (TPSA) is 0 Å². The number of aryl methyl sites for hydroxylation is 1. The molecule has 0 aromatic heterocycles. The van der Waals surface area contributed by atoms with Crippen LogP contribution in [0.3, 0.4) is 0 Å². The maximum atomic E-state index is 4.28. The second-order valence-corrected chi connectivity index (χ2v) is 4.04. The molecule has 76 valence electrons. The highest BCUT2D eigenvalue weighted by atomic mass is 32.1. The van der Waals surface area contributed by atoms with Gasteiger partial charge in [-0.3, -0.25) is 0 Å². The van der Waals surface area contributed by atoms with Crippen LogP contribution in [0.25, 0.3) is 11.1 Å². The molecule has 0 nitrogen and oxygen atoms in total. The number of hydrogen-bond acceptors (Lipinski definition) is 1. The molecule has 2 aliphatic rings.